The van der Waals surface area contributed by atoms with Gasteiger partial charge < -0.3 is 25.0 Å². The van der Waals surface area contributed by atoms with Crippen molar-refractivity contribution in [2.45, 2.75) is 0 Å². The van der Waals surface area contributed by atoms with Crippen LogP contribution in [0.25, 0.3) is 0 Å². The number of halogens is 2. The third-order valence-electron chi connectivity index (χ3n) is 4.77. The molecule has 0 bridgehead atoms. The summed E-state index contributed by atoms with van der Waals surface area (Å²) in [5, 5.41) is 12.6. The van der Waals surface area contributed by atoms with Gasteiger partial charge in [0.05, 0.1) is 11.3 Å². The minimum atomic E-state index is -1.22. The number of hydrogen-bond acceptors (Lipinski definition) is 5. The van der Waals surface area contributed by atoms with Gasteiger partial charge >= 0.3 is 5.97 Å². The Morgan fingerprint density at radius 1 is 0.935 bits per heavy atom. The predicted molar refractivity (Wildman–Crippen MR) is 118 cm³/mol. The van der Waals surface area contributed by atoms with Crippen LogP contribution in [0.4, 0.5) is 11.4 Å². The van der Waals surface area contributed by atoms with Gasteiger partial charge in [0.15, 0.2) is 0 Å². The van der Waals surface area contributed by atoms with Gasteiger partial charge in [-0.15, -0.1) is 0 Å². The second kappa shape index (κ2) is 10.5. The van der Waals surface area contributed by atoms with Gasteiger partial charge in [0.25, 0.3) is 0 Å². The predicted octanol–water partition coefficient (Wildman–Crippen LogP) is 3.00. The van der Waals surface area contributed by atoms with Gasteiger partial charge in [-0.2, -0.15) is 0 Å². The van der Waals surface area contributed by atoms with Crippen LogP contribution in [0.1, 0.15) is 10.4 Å². The molecule has 1 heterocycles. The molecule has 10 heteroatoms. The fraction of sp³-hybridized carbons (Fsp3) is 0.286. The number of hydrogen-bond donors (Lipinski definition) is 2. The molecule has 2 aromatic carbocycles. The van der Waals surface area contributed by atoms with Crippen molar-refractivity contribution in [3.63, 3.8) is 0 Å². The second-order valence-corrected chi connectivity index (χ2v) is 7.75. The average molecular weight is 466 g/mol. The number of carbonyl (C=O) groups is 3. The van der Waals surface area contributed by atoms with E-state index in [0.717, 1.165) is 5.69 Å². The number of aromatic carboxylic acids is 1. The summed E-state index contributed by atoms with van der Waals surface area (Å²) < 4.78 is 5.23. The van der Waals surface area contributed by atoms with Gasteiger partial charge in [0, 0.05) is 41.9 Å². The van der Waals surface area contributed by atoms with E-state index in [2.05, 4.69) is 10.2 Å². The van der Waals surface area contributed by atoms with Crippen molar-refractivity contribution in [1.29, 1.82) is 0 Å². The smallest absolute Gasteiger partial charge is 0.337 e. The standard InChI is InChI=1S/C21H21Cl2N3O5/c22-14-1-4-16(5-2-14)25-7-9-26(10-8-25)20(28)13-31-12-19(27)24-18-6-3-15(23)11-17(18)21(29)30/h1-6,11H,7-10,12-13H2,(H,24,27)(H,29,30). The Bertz CT molecular complexity index is 960. The van der Waals surface area contributed by atoms with Crippen molar-refractivity contribution >= 4 is 52.4 Å². The molecule has 1 saturated heterocycles. The number of carbonyl (C=O) groups excluding carboxylic acids is 2. The highest BCUT2D eigenvalue weighted by Gasteiger charge is 2.21. The number of ether oxygens (including phenoxy) is 1. The molecular formula is C21H21Cl2N3O5. The molecule has 0 aliphatic carbocycles. The molecule has 0 saturated carbocycles. The van der Waals surface area contributed by atoms with E-state index >= 15 is 0 Å². The molecule has 1 aliphatic heterocycles. The number of amides is 2. The van der Waals surface area contributed by atoms with Crippen LogP contribution in [0.2, 0.25) is 10.0 Å². The first-order valence-corrected chi connectivity index (χ1v) is 10.3. The van der Waals surface area contributed by atoms with E-state index in [9.17, 15) is 19.5 Å². The number of nitrogens with zero attached hydrogens (tertiary/aromatic N) is 2. The minimum absolute atomic E-state index is 0.107. The summed E-state index contributed by atoms with van der Waals surface area (Å²) in [5.41, 5.74) is 1.03. The highest BCUT2D eigenvalue weighted by atomic mass is 35.5. The molecule has 0 radical (unpaired) electrons. The Kier molecular flexibility index (Phi) is 7.73. The number of rotatable bonds is 7. The van der Waals surface area contributed by atoms with E-state index in [1.807, 2.05) is 24.3 Å². The number of piperazine rings is 1. The lowest BCUT2D eigenvalue weighted by Gasteiger charge is -2.36. The summed E-state index contributed by atoms with van der Waals surface area (Å²) in [5.74, 6) is -1.99. The summed E-state index contributed by atoms with van der Waals surface area (Å²) in [6.07, 6.45) is 0. The Hall–Kier alpha value is -2.81. The summed E-state index contributed by atoms with van der Waals surface area (Å²) >= 11 is 11.7. The zero-order chi connectivity index (χ0) is 22.4. The highest BCUT2D eigenvalue weighted by molar-refractivity contribution is 6.31. The van der Waals surface area contributed by atoms with Crippen molar-refractivity contribution in [3.8, 4) is 0 Å². The van der Waals surface area contributed by atoms with Crippen molar-refractivity contribution < 1.29 is 24.2 Å². The van der Waals surface area contributed by atoms with Crippen LogP contribution >= 0.6 is 23.2 Å². The van der Waals surface area contributed by atoms with E-state index in [-0.39, 0.29) is 35.4 Å². The molecule has 1 aliphatic rings. The number of carboxylic acids is 1. The molecule has 31 heavy (non-hydrogen) atoms. The zero-order valence-corrected chi connectivity index (χ0v) is 18.0. The fourth-order valence-corrected chi connectivity index (χ4v) is 3.48. The Morgan fingerprint density at radius 2 is 1.58 bits per heavy atom. The lowest BCUT2D eigenvalue weighted by atomic mass is 10.2. The number of carboxylic acid groups (broad SMARTS) is 1. The summed E-state index contributed by atoms with van der Waals surface area (Å²) in [6, 6.07) is 11.7. The molecule has 2 amide bonds. The molecule has 164 valence electrons. The van der Waals surface area contributed by atoms with Gasteiger partial charge in [-0.25, -0.2) is 4.79 Å². The molecule has 0 unspecified atom stereocenters. The SMILES string of the molecule is O=C(COCC(=O)N1CCN(c2ccc(Cl)cc2)CC1)Nc1ccc(Cl)cc1C(=O)O. The van der Waals surface area contributed by atoms with Gasteiger partial charge in [0.1, 0.15) is 13.2 Å². The number of nitrogens with one attached hydrogen (secondary N) is 1. The monoisotopic (exact) mass is 465 g/mol. The van der Waals surface area contributed by atoms with Gasteiger partial charge in [-0.05, 0) is 42.5 Å². The van der Waals surface area contributed by atoms with Gasteiger partial charge in [0.2, 0.25) is 11.8 Å². The maximum atomic E-state index is 12.3. The average Bonchev–Trinajstić information content (AvgIpc) is 2.75. The molecule has 0 spiro atoms. The molecule has 8 nitrogen and oxygen atoms in total. The van der Waals surface area contributed by atoms with Gasteiger partial charge in [-0.1, -0.05) is 23.2 Å². The lowest BCUT2D eigenvalue weighted by molar-refractivity contribution is -0.137. The molecule has 0 atom stereocenters. The minimum Gasteiger partial charge on any atom is -0.478 e. The van der Waals surface area contributed by atoms with Crippen LogP contribution < -0.4 is 10.2 Å². The van der Waals surface area contributed by atoms with E-state index in [1.54, 1.807) is 4.90 Å². The first-order chi connectivity index (χ1) is 14.8. The van der Waals surface area contributed by atoms with Crippen molar-refractivity contribution in [1.82, 2.24) is 4.90 Å². The largest absolute Gasteiger partial charge is 0.478 e. The first kappa shape index (κ1) is 22.9. The van der Waals surface area contributed by atoms with Crippen molar-refractivity contribution in [3.05, 3.63) is 58.1 Å². The molecule has 3 rings (SSSR count). The van der Waals surface area contributed by atoms with Crippen LogP contribution in [0.5, 0.6) is 0 Å². The third-order valence-corrected chi connectivity index (χ3v) is 5.26. The fourth-order valence-electron chi connectivity index (χ4n) is 3.18. The topological polar surface area (TPSA) is 99.2 Å². The maximum Gasteiger partial charge on any atom is 0.337 e. The zero-order valence-electron chi connectivity index (χ0n) is 16.5. The lowest BCUT2D eigenvalue weighted by Crippen LogP contribution is -2.49. The highest BCUT2D eigenvalue weighted by Crippen LogP contribution is 2.21. The second-order valence-electron chi connectivity index (χ2n) is 6.88. The molecule has 1 fully saturated rings. The van der Waals surface area contributed by atoms with Crippen LogP contribution in [0.3, 0.4) is 0 Å². The Balaban J connectivity index is 1.42. The number of benzene rings is 2. The Labute approximate surface area is 189 Å². The molecular weight excluding hydrogens is 445 g/mol. The van der Waals surface area contributed by atoms with E-state index in [1.165, 1.54) is 18.2 Å². The number of anilines is 2. The molecule has 2 aromatic rings. The summed E-state index contributed by atoms with van der Waals surface area (Å²) in [6.45, 7) is 1.84. The van der Waals surface area contributed by atoms with E-state index in [4.69, 9.17) is 27.9 Å². The van der Waals surface area contributed by atoms with Gasteiger partial charge in [-0.3, -0.25) is 9.59 Å². The third kappa shape index (κ3) is 6.33. The first-order valence-electron chi connectivity index (χ1n) is 9.52. The van der Waals surface area contributed by atoms with Crippen LogP contribution in [0, 0.1) is 0 Å². The molecule has 2 N–H and O–H groups in total. The quantitative estimate of drug-likeness (QED) is 0.651. The molecule has 0 aromatic heterocycles. The van der Waals surface area contributed by atoms with Crippen LogP contribution in [-0.2, 0) is 14.3 Å². The normalized spacial score (nSPS) is 13.7. The maximum absolute atomic E-state index is 12.3. The van der Waals surface area contributed by atoms with Crippen LogP contribution in [0.15, 0.2) is 42.5 Å². The van der Waals surface area contributed by atoms with E-state index < -0.39 is 11.9 Å². The summed E-state index contributed by atoms with van der Waals surface area (Å²) in [7, 11) is 0. The van der Waals surface area contributed by atoms with Crippen LogP contribution in [-0.4, -0.2) is 67.2 Å². The van der Waals surface area contributed by atoms with E-state index in [0.29, 0.717) is 31.2 Å². The summed E-state index contributed by atoms with van der Waals surface area (Å²) in [4.78, 5) is 39.5. The van der Waals surface area contributed by atoms with Crippen molar-refractivity contribution in [2.75, 3.05) is 49.6 Å². The Morgan fingerprint density at radius 3 is 2.23 bits per heavy atom. The van der Waals surface area contributed by atoms with Crippen molar-refractivity contribution in [2.24, 2.45) is 0 Å².